The molecule has 0 aliphatic rings. The van der Waals surface area contributed by atoms with E-state index in [2.05, 4.69) is 5.32 Å². The maximum Gasteiger partial charge on any atom is 0.390 e. The molecule has 3 N–H and O–H groups in total. The molecule has 106 valence electrons. The van der Waals surface area contributed by atoms with Gasteiger partial charge in [0.25, 0.3) is 0 Å². The molecule has 0 saturated carbocycles. The van der Waals surface area contributed by atoms with Gasteiger partial charge in [0, 0.05) is 6.54 Å². The van der Waals surface area contributed by atoms with E-state index in [1.54, 1.807) is 24.3 Å². The number of anilines is 1. The monoisotopic (exact) mass is 276 g/mol. The van der Waals surface area contributed by atoms with Crippen molar-refractivity contribution in [2.75, 3.05) is 18.9 Å². The average molecular weight is 276 g/mol. The minimum atomic E-state index is -4.26. The van der Waals surface area contributed by atoms with Crippen LogP contribution in [0.2, 0.25) is 0 Å². The van der Waals surface area contributed by atoms with Gasteiger partial charge in [-0.3, -0.25) is 4.79 Å². The lowest BCUT2D eigenvalue weighted by Crippen LogP contribution is -2.28. The normalized spacial score (nSPS) is 11.1. The fourth-order valence-electron chi connectivity index (χ4n) is 1.30. The molecule has 0 bridgehead atoms. The molecule has 0 spiro atoms. The molecule has 0 aliphatic heterocycles. The summed E-state index contributed by atoms with van der Waals surface area (Å²) in [5.74, 6) is -0.0376. The van der Waals surface area contributed by atoms with Gasteiger partial charge in [-0.15, -0.1) is 0 Å². The minimum absolute atomic E-state index is 0.0216. The van der Waals surface area contributed by atoms with Crippen LogP contribution >= 0.6 is 0 Å². The Morgan fingerprint density at radius 1 is 1.32 bits per heavy atom. The van der Waals surface area contributed by atoms with Crippen LogP contribution in [0.15, 0.2) is 24.3 Å². The van der Waals surface area contributed by atoms with Crippen LogP contribution in [-0.4, -0.2) is 25.2 Å². The number of nitrogens with two attached hydrogens (primary N) is 1. The highest BCUT2D eigenvalue weighted by atomic mass is 19.4. The van der Waals surface area contributed by atoms with Crippen molar-refractivity contribution in [1.82, 2.24) is 5.32 Å². The zero-order valence-corrected chi connectivity index (χ0v) is 10.2. The third-order valence-corrected chi connectivity index (χ3v) is 2.24. The molecular weight excluding hydrogens is 261 g/mol. The van der Waals surface area contributed by atoms with Gasteiger partial charge in [0.2, 0.25) is 5.91 Å². The van der Waals surface area contributed by atoms with Gasteiger partial charge in [0.1, 0.15) is 5.75 Å². The summed E-state index contributed by atoms with van der Waals surface area (Å²) in [6, 6.07) is 6.77. The van der Waals surface area contributed by atoms with Crippen molar-refractivity contribution in [3.8, 4) is 5.75 Å². The molecule has 1 rings (SSSR count). The number of carbonyl (C=O) groups is 1. The number of nitrogen functional groups attached to an aromatic ring is 1. The Bertz CT molecular complexity index is 422. The molecular formula is C12H15F3N2O2. The Balaban J connectivity index is 2.19. The number of carbonyl (C=O) groups excluding carboxylic acids is 1. The molecule has 7 heteroatoms. The fourth-order valence-corrected chi connectivity index (χ4v) is 1.30. The maximum atomic E-state index is 11.8. The lowest BCUT2D eigenvalue weighted by atomic mass is 10.3. The predicted molar refractivity (Wildman–Crippen MR) is 64.6 cm³/mol. The van der Waals surface area contributed by atoms with Crippen molar-refractivity contribution in [1.29, 1.82) is 0 Å². The summed E-state index contributed by atoms with van der Waals surface area (Å²) in [6.45, 7) is -0.359. The number of nitrogens with one attached hydrogen (secondary N) is 1. The second-order valence-electron chi connectivity index (χ2n) is 3.85. The number of alkyl halides is 3. The number of rotatable bonds is 6. The third-order valence-electron chi connectivity index (χ3n) is 2.24. The van der Waals surface area contributed by atoms with E-state index in [1.807, 2.05) is 0 Å². The highest BCUT2D eigenvalue weighted by Crippen LogP contribution is 2.20. The van der Waals surface area contributed by atoms with Gasteiger partial charge < -0.3 is 15.8 Å². The zero-order chi connectivity index (χ0) is 14.3. The first-order valence-electron chi connectivity index (χ1n) is 5.69. The Kier molecular flexibility index (Phi) is 5.47. The first kappa shape index (κ1) is 15.1. The lowest BCUT2D eigenvalue weighted by Gasteiger charge is -2.09. The molecule has 0 aliphatic carbocycles. The van der Waals surface area contributed by atoms with E-state index in [0.717, 1.165) is 0 Å². The number of hydrogen-bond acceptors (Lipinski definition) is 3. The molecule has 1 aromatic rings. The number of halogens is 3. The number of ether oxygens (including phenoxy) is 1. The van der Waals surface area contributed by atoms with Gasteiger partial charge in [-0.25, -0.2) is 0 Å². The van der Waals surface area contributed by atoms with E-state index in [9.17, 15) is 18.0 Å². The second kappa shape index (κ2) is 6.86. The van der Waals surface area contributed by atoms with Crippen molar-refractivity contribution >= 4 is 11.6 Å². The zero-order valence-electron chi connectivity index (χ0n) is 10.2. The van der Waals surface area contributed by atoms with Crippen molar-refractivity contribution < 1.29 is 22.7 Å². The number of amides is 1. The van der Waals surface area contributed by atoms with Gasteiger partial charge in [-0.1, -0.05) is 12.1 Å². The van der Waals surface area contributed by atoms with Crippen molar-refractivity contribution in [3.05, 3.63) is 24.3 Å². The number of hydrogen-bond donors (Lipinski definition) is 2. The number of para-hydroxylation sites is 2. The first-order valence-corrected chi connectivity index (χ1v) is 5.69. The van der Waals surface area contributed by atoms with E-state index in [4.69, 9.17) is 10.5 Å². The third kappa shape index (κ3) is 6.54. The molecule has 0 saturated heterocycles. The molecule has 19 heavy (non-hydrogen) atoms. The Morgan fingerprint density at radius 3 is 2.63 bits per heavy atom. The van der Waals surface area contributed by atoms with Gasteiger partial charge in [-0.2, -0.15) is 13.2 Å². The van der Waals surface area contributed by atoms with Gasteiger partial charge >= 0.3 is 6.18 Å². The highest BCUT2D eigenvalue weighted by Gasteiger charge is 2.26. The summed E-state index contributed by atoms with van der Waals surface area (Å²) in [7, 11) is 0. The largest absolute Gasteiger partial charge is 0.491 e. The van der Waals surface area contributed by atoms with E-state index >= 15 is 0 Å². The first-order chi connectivity index (χ1) is 8.88. The van der Waals surface area contributed by atoms with Crippen LogP contribution in [0, 0.1) is 0 Å². The lowest BCUT2D eigenvalue weighted by molar-refractivity contribution is -0.135. The average Bonchev–Trinajstić information content (AvgIpc) is 2.30. The summed E-state index contributed by atoms with van der Waals surface area (Å²) in [4.78, 5) is 11.2. The Labute approximate surface area is 108 Å². The van der Waals surface area contributed by atoms with Crippen LogP contribution in [0.1, 0.15) is 12.8 Å². The highest BCUT2D eigenvalue weighted by molar-refractivity contribution is 5.75. The van der Waals surface area contributed by atoms with Crippen LogP contribution in [0.3, 0.4) is 0 Å². The minimum Gasteiger partial charge on any atom is -0.491 e. The predicted octanol–water partition coefficient (Wildman–Crippen LogP) is 2.11. The SMILES string of the molecule is Nc1ccccc1OCCC(=O)NCCC(F)(F)F. The van der Waals surface area contributed by atoms with Gasteiger partial charge in [-0.05, 0) is 12.1 Å². The molecule has 0 heterocycles. The summed E-state index contributed by atoms with van der Waals surface area (Å²) in [5, 5.41) is 2.17. The van der Waals surface area contributed by atoms with Crippen LogP contribution in [-0.2, 0) is 4.79 Å². The van der Waals surface area contributed by atoms with E-state index in [0.29, 0.717) is 11.4 Å². The van der Waals surface area contributed by atoms with Crippen LogP contribution in [0.4, 0.5) is 18.9 Å². The standard InChI is InChI=1S/C12H15F3N2O2/c13-12(14,15)6-7-17-11(18)5-8-19-10-4-2-1-3-9(10)16/h1-4H,5-8,16H2,(H,17,18). The van der Waals surface area contributed by atoms with Crippen LogP contribution in [0.5, 0.6) is 5.75 Å². The van der Waals surface area contributed by atoms with E-state index < -0.39 is 25.0 Å². The molecule has 0 radical (unpaired) electrons. The molecule has 0 fully saturated rings. The van der Waals surface area contributed by atoms with Crippen LogP contribution < -0.4 is 15.8 Å². The van der Waals surface area contributed by atoms with Crippen molar-refractivity contribution in [3.63, 3.8) is 0 Å². The topological polar surface area (TPSA) is 64.3 Å². The maximum absolute atomic E-state index is 11.8. The summed E-state index contributed by atoms with van der Waals surface area (Å²) >= 11 is 0. The van der Waals surface area contributed by atoms with Gasteiger partial charge in [0.15, 0.2) is 0 Å². The summed E-state index contributed by atoms with van der Waals surface area (Å²) in [5.41, 5.74) is 6.06. The van der Waals surface area contributed by atoms with Crippen molar-refractivity contribution in [2.24, 2.45) is 0 Å². The smallest absolute Gasteiger partial charge is 0.390 e. The molecule has 1 amide bonds. The summed E-state index contributed by atoms with van der Waals surface area (Å²) < 4.78 is 40.7. The van der Waals surface area contributed by atoms with Crippen LogP contribution in [0.25, 0.3) is 0 Å². The second-order valence-corrected chi connectivity index (χ2v) is 3.85. The molecule has 4 nitrogen and oxygen atoms in total. The van der Waals surface area contributed by atoms with Gasteiger partial charge in [0.05, 0.1) is 25.1 Å². The molecule has 1 aromatic carbocycles. The fraction of sp³-hybridized carbons (Fsp3) is 0.417. The quantitative estimate of drug-likeness (QED) is 0.782. The summed E-state index contributed by atoms with van der Waals surface area (Å²) in [6.07, 6.45) is -5.32. The molecule has 0 unspecified atom stereocenters. The Hall–Kier alpha value is -1.92. The Morgan fingerprint density at radius 2 is 2.00 bits per heavy atom. The van der Waals surface area contributed by atoms with E-state index in [1.165, 1.54) is 0 Å². The number of benzene rings is 1. The molecule has 0 aromatic heterocycles. The van der Waals surface area contributed by atoms with Crippen molar-refractivity contribution in [2.45, 2.75) is 19.0 Å². The van der Waals surface area contributed by atoms with E-state index in [-0.39, 0.29) is 13.0 Å². The molecule has 0 atom stereocenters.